The molecule has 0 unspecified atom stereocenters. The molecule has 8 heteroatoms. The summed E-state index contributed by atoms with van der Waals surface area (Å²) in [4.78, 5) is 33.5. The Labute approximate surface area is 164 Å². The van der Waals surface area contributed by atoms with Crippen LogP contribution in [0.3, 0.4) is 0 Å². The van der Waals surface area contributed by atoms with E-state index in [1.165, 1.54) is 12.8 Å². The Morgan fingerprint density at radius 3 is 2.32 bits per heavy atom. The average Bonchev–Trinajstić information content (AvgIpc) is 2.64. The second-order valence-electron chi connectivity index (χ2n) is 6.54. The molecule has 0 aliphatic heterocycles. The quantitative estimate of drug-likeness (QED) is 0.142. The van der Waals surface area contributed by atoms with Crippen LogP contribution in [-0.4, -0.2) is 23.5 Å². The highest BCUT2D eigenvalue weighted by Crippen LogP contribution is 2.27. The summed E-state index contributed by atoms with van der Waals surface area (Å²) >= 11 is 0. The van der Waals surface area contributed by atoms with Gasteiger partial charge in [-0.25, -0.2) is 4.39 Å². The molecule has 0 radical (unpaired) electrons. The van der Waals surface area contributed by atoms with Crippen LogP contribution in [0.1, 0.15) is 71.1 Å². The van der Waals surface area contributed by atoms with E-state index in [2.05, 4.69) is 6.92 Å². The number of nitro groups is 1. The maximum atomic E-state index is 13.2. The van der Waals surface area contributed by atoms with E-state index in [0.29, 0.717) is 32.3 Å². The van der Waals surface area contributed by atoms with E-state index in [1.54, 1.807) is 0 Å². The molecule has 0 saturated carbocycles. The predicted molar refractivity (Wildman–Crippen MR) is 101 cm³/mol. The molecule has 0 aromatic heterocycles. The molecule has 0 atom stereocenters. The van der Waals surface area contributed by atoms with Crippen LogP contribution in [-0.2, 0) is 14.3 Å². The third kappa shape index (κ3) is 9.99. The van der Waals surface area contributed by atoms with Gasteiger partial charge in [0.05, 0.1) is 11.5 Å². The fourth-order valence-electron chi connectivity index (χ4n) is 2.57. The number of carbonyl (C=O) groups is 2. The van der Waals surface area contributed by atoms with Gasteiger partial charge in [0, 0.05) is 25.0 Å². The first kappa shape index (κ1) is 23.5. The number of nitro benzene ring substituents is 1. The van der Waals surface area contributed by atoms with E-state index in [9.17, 15) is 24.1 Å². The lowest BCUT2D eigenvalue weighted by Gasteiger charge is -2.06. The first-order valence-electron chi connectivity index (χ1n) is 9.74. The van der Waals surface area contributed by atoms with Crippen molar-refractivity contribution < 1.29 is 28.4 Å². The highest BCUT2D eigenvalue weighted by molar-refractivity contribution is 5.73. The van der Waals surface area contributed by atoms with Crippen molar-refractivity contribution in [1.29, 1.82) is 0 Å². The zero-order chi connectivity index (χ0) is 20.8. The number of ether oxygens (including phenoxy) is 2. The predicted octanol–water partition coefficient (Wildman–Crippen LogP) is 5.10. The van der Waals surface area contributed by atoms with Crippen LogP contribution in [0.25, 0.3) is 0 Å². The van der Waals surface area contributed by atoms with Gasteiger partial charge in [-0.3, -0.25) is 19.7 Å². The van der Waals surface area contributed by atoms with Crippen molar-refractivity contribution in [1.82, 2.24) is 0 Å². The second kappa shape index (κ2) is 13.6. The zero-order valence-corrected chi connectivity index (χ0v) is 16.3. The lowest BCUT2D eigenvalue weighted by molar-refractivity contribution is -0.385. The molecule has 1 aromatic carbocycles. The Balaban J connectivity index is 2.16. The largest absolute Gasteiger partial charge is 0.466 e. The number of carbonyl (C=O) groups excluding carboxylic acids is 2. The van der Waals surface area contributed by atoms with Crippen molar-refractivity contribution in [3.05, 3.63) is 34.1 Å². The maximum Gasteiger partial charge on any atom is 0.311 e. The van der Waals surface area contributed by atoms with Crippen molar-refractivity contribution in [2.24, 2.45) is 0 Å². The van der Waals surface area contributed by atoms with Crippen molar-refractivity contribution in [3.63, 3.8) is 0 Å². The van der Waals surface area contributed by atoms with E-state index in [0.717, 1.165) is 37.5 Å². The molecular weight excluding hydrogens is 369 g/mol. The second-order valence-corrected chi connectivity index (χ2v) is 6.54. The van der Waals surface area contributed by atoms with E-state index in [4.69, 9.17) is 9.47 Å². The summed E-state index contributed by atoms with van der Waals surface area (Å²) in [5, 5.41) is 10.9. The monoisotopic (exact) mass is 397 g/mol. The number of nitrogens with zero attached hydrogens (tertiary/aromatic N) is 1. The molecule has 0 fully saturated rings. The van der Waals surface area contributed by atoms with Gasteiger partial charge in [-0.05, 0) is 25.3 Å². The Bertz CT molecular complexity index is 650. The van der Waals surface area contributed by atoms with Crippen LogP contribution in [0.15, 0.2) is 18.2 Å². The molecule has 0 aliphatic rings. The van der Waals surface area contributed by atoms with Crippen LogP contribution in [0.2, 0.25) is 0 Å². The summed E-state index contributed by atoms with van der Waals surface area (Å²) in [6.07, 6.45) is 7.45. The van der Waals surface area contributed by atoms with Crippen LogP contribution in [0, 0.1) is 15.9 Å². The molecule has 7 nitrogen and oxygen atoms in total. The van der Waals surface area contributed by atoms with Crippen LogP contribution >= 0.6 is 0 Å². The van der Waals surface area contributed by atoms with Crippen molar-refractivity contribution in [2.45, 2.75) is 71.1 Å². The molecule has 0 amide bonds. The number of hydrogen-bond acceptors (Lipinski definition) is 6. The van der Waals surface area contributed by atoms with Crippen molar-refractivity contribution in [2.75, 3.05) is 6.61 Å². The minimum Gasteiger partial charge on any atom is -0.466 e. The number of benzene rings is 1. The molecule has 1 aromatic rings. The lowest BCUT2D eigenvalue weighted by atomic mass is 10.1. The van der Waals surface area contributed by atoms with Crippen LogP contribution in [0.4, 0.5) is 10.1 Å². The molecule has 0 bridgehead atoms. The van der Waals surface area contributed by atoms with Gasteiger partial charge in [0.15, 0.2) is 0 Å². The molecule has 0 saturated heterocycles. The summed E-state index contributed by atoms with van der Waals surface area (Å²) in [7, 11) is 0. The smallest absolute Gasteiger partial charge is 0.311 e. The Morgan fingerprint density at radius 2 is 1.64 bits per heavy atom. The summed E-state index contributed by atoms with van der Waals surface area (Å²) < 4.78 is 23.2. The number of rotatable bonds is 14. The standard InChI is InChI=1S/C20H28FNO6/c1-2-3-4-5-9-14-27-19(23)10-7-6-8-11-20(24)28-18-15-16(21)12-13-17(18)22(25)26/h12-13,15H,2-11,14H2,1H3. The minimum atomic E-state index is -0.739. The summed E-state index contributed by atoms with van der Waals surface area (Å²) in [6, 6.07) is 2.70. The molecule has 156 valence electrons. The van der Waals surface area contributed by atoms with Gasteiger partial charge < -0.3 is 9.47 Å². The molecule has 0 heterocycles. The summed E-state index contributed by atoms with van der Waals surface area (Å²) in [5.41, 5.74) is -0.466. The Kier molecular flexibility index (Phi) is 11.5. The highest BCUT2D eigenvalue weighted by Gasteiger charge is 2.18. The first-order valence-corrected chi connectivity index (χ1v) is 9.74. The van der Waals surface area contributed by atoms with Gasteiger partial charge >= 0.3 is 17.6 Å². The van der Waals surface area contributed by atoms with E-state index < -0.39 is 28.1 Å². The Morgan fingerprint density at radius 1 is 1.00 bits per heavy atom. The summed E-state index contributed by atoms with van der Waals surface area (Å²) in [5.74, 6) is -2.05. The fourth-order valence-corrected chi connectivity index (χ4v) is 2.57. The summed E-state index contributed by atoms with van der Waals surface area (Å²) in [6.45, 7) is 2.59. The third-order valence-corrected chi connectivity index (χ3v) is 4.12. The van der Waals surface area contributed by atoms with Gasteiger partial charge in [-0.1, -0.05) is 39.0 Å². The number of halogens is 1. The van der Waals surface area contributed by atoms with Crippen molar-refractivity contribution >= 4 is 17.6 Å². The van der Waals surface area contributed by atoms with Crippen LogP contribution < -0.4 is 4.74 Å². The van der Waals surface area contributed by atoms with E-state index in [-0.39, 0.29) is 12.4 Å². The molecular formula is C20H28FNO6. The molecule has 28 heavy (non-hydrogen) atoms. The molecule has 1 rings (SSSR count). The van der Waals surface area contributed by atoms with E-state index in [1.807, 2.05) is 0 Å². The number of unbranched alkanes of at least 4 members (excludes halogenated alkanes) is 6. The maximum absolute atomic E-state index is 13.2. The van der Waals surface area contributed by atoms with Gasteiger partial charge in [-0.15, -0.1) is 0 Å². The first-order chi connectivity index (χ1) is 13.4. The van der Waals surface area contributed by atoms with Gasteiger partial charge in [0.25, 0.3) is 0 Å². The van der Waals surface area contributed by atoms with Crippen LogP contribution in [0.5, 0.6) is 5.75 Å². The SMILES string of the molecule is CCCCCCCOC(=O)CCCCCC(=O)Oc1cc(F)ccc1[N+](=O)[O-]. The fraction of sp³-hybridized carbons (Fsp3) is 0.600. The van der Waals surface area contributed by atoms with Crippen molar-refractivity contribution in [3.8, 4) is 5.75 Å². The Hall–Kier alpha value is -2.51. The lowest BCUT2D eigenvalue weighted by Crippen LogP contribution is -2.09. The van der Waals surface area contributed by atoms with Gasteiger partial charge in [0.1, 0.15) is 5.82 Å². The number of hydrogen-bond donors (Lipinski definition) is 0. The van der Waals surface area contributed by atoms with Gasteiger partial charge in [0.2, 0.25) is 5.75 Å². The zero-order valence-electron chi connectivity index (χ0n) is 16.3. The normalized spacial score (nSPS) is 10.5. The molecule has 0 aliphatic carbocycles. The minimum absolute atomic E-state index is 0.0279. The molecule has 0 spiro atoms. The highest BCUT2D eigenvalue weighted by atomic mass is 19.1. The third-order valence-electron chi connectivity index (χ3n) is 4.12. The van der Waals surface area contributed by atoms with Gasteiger partial charge in [-0.2, -0.15) is 0 Å². The average molecular weight is 397 g/mol. The number of esters is 2. The molecule has 0 N–H and O–H groups in total. The topological polar surface area (TPSA) is 95.7 Å². The van der Waals surface area contributed by atoms with E-state index >= 15 is 0 Å².